The number of amidine groups is 1. The Morgan fingerprint density at radius 2 is 2.10 bits per heavy atom. The molecule has 2 atom stereocenters. The van der Waals surface area contributed by atoms with Crippen LogP contribution in [0.1, 0.15) is 34.1 Å². The first-order valence-electron chi connectivity index (χ1n) is 7.72. The summed E-state index contributed by atoms with van der Waals surface area (Å²) in [4.78, 5) is 7.38. The van der Waals surface area contributed by atoms with Gasteiger partial charge < -0.3 is 10.1 Å². The van der Waals surface area contributed by atoms with Crippen LogP contribution >= 0.6 is 11.8 Å². The van der Waals surface area contributed by atoms with Crippen LogP contribution in [0.3, 0.4) is 0 Å². The molecule has 2 rings (SSSR count). The first kappa shape index (κ1) is 16.1. The third-order valence-electron chi connectivity index (χ3n) is 3.91. The van der Waals surface area contributed by atoms with E-state index in [9.17, 15) is 0 Å². The lowest BCUT2D eigenvalue weighted by molar-refractivity contribution is 0.0353. The largest absolute Gasteiger partial charge is 0.379 e. The monoisotopic (exact) mass is 299 g/mol. The van der Waals surface area contributed by atoms with Crippen LogP contribution in [0.25, 0.3) is 0 Å². The van der Waals surface area contributed by atoms with E-state index in [1.165, 1.54) is 12.2 Å². The molecule has 1 saturated heterocycles. The Morgan fingerprint density at radius 3 is 2.75 bits per heavy atom. The Balaban J connectivity index is 1.83. The zero-order valence-electron chi connectivity index (χ0n) is 13.3. The highest BCUT2D eigenvalue weighted by Crippen LogP contribution is 2.30. The topological polar surface area (TPSA) is 36.9 Å². The Bertz CT molecular complexity index is 335. The van der Waals surface area contributed by atoms with E-state index in [0.717, 1.165) is 38.0 Å². The van der Waals surface area contributed by atoms with Crippen LogP contribution in [0.2, 0.25) is 0 Å². The fraction of sp³-hybridized carbons (Fsp3) is 0.933. The second kappa shape index (κ2) is 7.14. The van der Waals surface area contributed by atoms with Gasteiger partial charge in [0.15, 0.2) is 5.17 Å². The number of morpholine rings is 1. The number of hydrogen-bond acceptors (Lipinski definition) is 5. The van der Waals surface area contributed by atoms with Crippen LogP contribution in [-0.2, 0) is 4.74 Å². The van der Waals surface area contributed by atoms with E-state index in [2.05, 4.69) is 37.9 Å². The van der Waals surface area contributed by atoms with Crippen LogP contribution in [-0.4, -0.2) is 60.8 Å². The highest BCUT2D eigenvalue weighted by molar-refractivity contribution is 8.13. The second-order valence-electron chi connectivity index (χ2n) is 6.91. The van der Waals surface area contributed by atoms with Gasteiger partial charge in [-0.2, -0.15) is 0 Å². The maximum atomic E-state index is 5.39. The zero-order valence-corrected chi connectivity index (χ0v) is 14.1. The van der Waals surface area contributed by atoms with Crippen molar-refractivity contribution in [1.29, 1.82) is 0 Å². The van der Waals surface area contributed by atoms with E-state index in [0.29, 0.717) is 12.1 Å². The molecule has 1 fully saturated rings. The summed E-state index contributed by atoms with van der Waals surface area (Å²) in [6.07, 6.45) is 1.19. The SMILES string of the molecule is CC(CN1CCOCC1)NC1=NC(C(C)(C)C)CCS1. The van der Waals surface area contributed by atoms with E-state index < -0.39 is 0 Å². The number of nitrogens with one attached hydrogen (secondary N) is 1. The smallest absolute Gasteiger partial charge is 0.157 e. The Hall–Kier alpha value is -0.260. The number of rotatable bonds is 3. The number of ether oxygens (including phenoxy) is 1. The number of thioether (sulfide) groups is 1. The molecule has 2 heterocycles. The number of hydrogen-bond donors (Lipinski definition) is 1. The average molecular weight is 299 g/mol. The predicted octanol–water partition coefficient (Wildman–Crippen LogP) is 2.20. The predicted molar refractivity (Wildman–Crippen MR) is 87.6 cm³/mol. The highest BCUT2D eigenvalue weighted by atomic mass is 32.2. The quantitative estimate of drug-likeness (QED) is 0.867. The minimum Gasteiger partial charge on any atom is -0.379 e. The number of nitrogens with zero attached hydrogens (tertiary/aromatic N) is 2. The molecule has 0 amide bonds. The van der Waals surface area contributed by atoms with E-state index in [1.807, 2.05) is 11.8 Å². The fourth-order valence-electron chi connectivity index (χ4n) is 2.64. The van der Waals surface area contributed by atoms with Crippen molar-refractivity contribution in [3.05, 3.63) is 0 Å². The van der Waals surface area contributed by atoms with Gasteiger partial charge in [-0.05, 0) is 18.8 Å². The molecule has 20 heavy (non-hydrogen) atoms. The molecule has 0 bridgehead atoms. The van der Waals surface area contributed by atoms with Gasteiger partial charge in [0.2, 0.25) is 0 Å². The summed E-state index contributed by atoms with van der Waals surface area (Å²) in [5.41, 5.74) is 0.265. The van der Waals surface area contributed by atoms with Crippen LogP contribution in [0.15, 0.2) is 4.99 Å². The van der Waals surface area contributed by atoms with Crippen LogP contribution in [0, 0.1) is 5.41 Å². The first-order valence-corrected chi connectivity index (χ1v) is 8.71. The molecule has 2 unspecified atom stereocenters. The van der Waals surface area contributed by atoms with Crippen LogP contribution in [0.4, 0.5) is 0 Å². The van der Waals surface area contributed by atoms with Gasteiger partial charge in [0.25, 0.3) is 0 Å². The zero-order chi connectivity index (χ0) is 14.6. The molecule has 2 aliphatic heterocycles. The van der Waals surface area contributed by atoms with Crippen molar-refractivity contribution in [2.75, 3.05) is 38.6 Å². The lowest BCUT2D eigenvalue weighted by atomic mass is 9.85. The normalized spacial score (nSPS) is 27.0. The molecule has 0 aliphatic carbocycles. The lowest BCUT2D eigenvalue weighted by Gasteiger charge is -2.33. The van der Waals surface area contributed by atoms with E-state index in [1.54, 1.807) is 0 Å². The summed E-state index contributed by atoms with van der Waals surface area (Å²) in [7, 11) is 0. The third-order valence-corrected chi connectivity index (χ3v) is 4.84. The molecule has 1 N–H and O–H groups in total. The molecule has 0 saturated carbocycles. The Morgan fingerprint density at radius 1 is 1.40 bits per heavy atom. The molecule has 0 aromatic rings. The van der Waals surface area contributed by atoms with Gasteiger partial charge in [-0.3, -0.25) is 9.89 Å². The maximum Gasteiger partial charge on any atom is 0.157 e. The van der Waals surface area contributed by atoms with Gasteiger partial charge in [0, 0.05) is 31.4 Å². The molecule has 0 radical (unpaired) electrons. The molecule has 4 nitrogen and oxygen atoms in total. The van der Waals surface area contributed by atoms with Crippen molar-refractivity contribution < 1.29 is 4.74 Å². The van der Waals surface area contributed by atoms with Gasteiger partial charge in [-0.1, -0.05) is 32.5 Å². The molecule has 0 aromatic heterocycles. The third kappa shape index (κ3) is 4.93. The van der Waals surface area contributed by atoms with Crippen molar-refractivity contribution in [3.8, 4) is 0 Å². The lowest BCUT2D eigenvalue weighted by Crippen LogP contribution is -2.46. The molecule has 0 aromatic carbocycles. The Kier molecular flexibility index (Phi) is 5.75. The van der Waals surface area contributed by atoms with E-state index in [-0.39, 0.29) is 5.41 Å². The van der Waals surface area contributed by atoms with Gasteiger partial charge in [0.05, 0.1) is 19.3 Å². The van der Waals surface area contributed by atoms with Crippen LogP contribution in [0.5, 0.6) is 0 Å². The second-order valence-corrected chi connectivity index (χ2v) is 8.00. The fourth-order valence-corrected chi connectivity index (χ4v) is 3.66. The minimum atomic E-state index is 0.265. The minimum absolute atomic E-state index is 0.265. The Labute approximate surface area is 127 Å². The van der Waals surface area contributed by atoms with Crippen molar-refractivity contribution in [1.82, 2.24) is 10.2 Å². The van der Waals surface area contributed by atoms with E-state index >= 15 is 0 Å². The van der Waals surface area contributed by atoms with Crippen molar-refractivity contribution in [2.45, 2.75) is 46.2 Å². The molecule has 2 aliphatic rings. The summed E-state index contributed by atoms with van der Waals surface area (Å²) in [5.74, 6) is 1.18. The van der Waals surface area contributed by atoms with Gasteiger partial charge >= 0.3 is 0 Å². The van der Waals surface area contributed by atoms with Crippen molar-refractivity contribution >= 4 is 16.9 Å². The van der Waals surface area contributed by atoms with E-state index in [4.69, 9.17) is 9.73 Å². The molecular weight excluding hydrogens is 270 g/mol. The summed E-state index contributed by atoms with van der Waals surface area (Å²) < 4.78 is 5.39. The summed E-state index contributed by atoms with van der Waals surface area (Å²) in [6.45, 7) is 14.0. The average Bonchev–Trinajstić information content (AvgIpc) is 2.39. The highest BCUT2D eigenvalue weighted by Gasteiger charge is 2.27. The summed E-state index contributed by atoms with van der Waals surface area (Å²) in [6, 6.07) is 0.889. The molecule has 0 spiro atoms. The van der Waals surface area contributed by atoms with Gasteiger partial charge in [-0.15, -0.1) is 0 Å². The van der Waals surface area contributed by atoms with Gasteiger partial charge in [0.1, 0.15) is 0 Å². The van der Waals surface area contributed by atoms with Crippen LogP contribution < -0.4 is 5.32 Å². The standard InChI is InChI=1S/C15H29N3OS/c1-12(11-18-6-8-19-9-7-18)16-14-17-13(5-10-20-14)15(2,3)4/h12-13H,5-11H2,1-4H3,(H,16,17). The first-order chi connectivity index (χ1) is 9.45. The van der Waals surface area contributed by atoms with Gasteiger partial charge in [-0.25, -0.2) is 0 Å². The molecule has 5 heteroatoms. The molecular formula is C15H29N3OS. The van der Waals surface area contributed by atoms with Crippen molar-refractivity contribution in [2.24, 2.45) is 10.4 Å². The maximum absolute atomic E-state index is 5.39. The molecule has 116 valence electrons. The summed E-state index contributed by atoms with van der Waals surface area (Å²) in [5, 5.41) is 4.73. The number of aliphatic imine (C=N–C) groups is 1. The summed E-state index contributed by atoms with van der Waals surface area (Å²) >= 11 is 1.87. The van der Waals surface area contributed by atoms with Crippen molar-refractivity contribution in [3.63, 3.8) is 0 Å².